The second kappa shape index (κ2) is 4.41. The zero-order valence-electron chi connectivity index (χ0n) is 7.66. The standard InChI is InChI=1S/C10H10FNO2/c1-14-9(13)6-5-7-3-2-4-8(12)10(7)11/h2-6H,12H2,1H3/b6-5+. The fourth-order valence-electron chi connectivity index (χ4n) is 0.923. The topological polar surface area (TPSA) is 52.3 Å². The molecule has 0 aromatic heterocycles. The summed E-state index contributed by atoms with van der Waals surface area (Å²) in [5.74, 6) is -1.07. The van der Waals surface area contributed by atoms with E-state index in [2.05, 4.69) is 4.74 Å². The first kappa shape index (κ1) is 10.2. The normalized spacial score (nSPS) is 10.4. The number of methoxy groups -OCH3 is 1. The van der Waals surface area contributed by atoms with Crippen LogP contribution < -0.4 is 5.73 Å². The maximum absolute atomic E-state index is 13.2. The van der Waals surface area contributed by atoms with E-state index in [9.17, 15) is 9.18 Å². The number of halogens is 1. The predicted octanol–water partition coefficient (Wildman–Crippen LogP) is 1.59. The van der Waals surface area contributed by atoms with Crippen molar-refractivity contribution in [2.24, 2.45) is 0 Å². The molecule has 3 nitrogen and oxygen atoms in total. The van der Waals surface area contributed by atoms with E-state index in [0.29, 0.717) is 0 Å². The number of benzene rings is 1. The van der Waals surface area contributed by atoms with Gasteiger partial charge in [-0.1, -0.05) is 12.1 Å². The summed E-state index contributed by atoms with van der Waals surface area (Å²) in [5, 5.41) is 0. The third-order valence-electron chi connectivity index (χ3n) is 1.66. The van der Waals surface area contributed by atoms with Crippen molar-refractivity contribution in [2.45, 2.75) is 0 Å². The second-order valence-electron chi connectivity index (χ2n) is 2.61. The predicted molar refractivity (Wildman–Crippen MR) is 51.9 cm³/mol. The van der Waals surface area contributed by atoms with Gasteiger partial charge in [0.05, 0.1) is 12.8 Å². The molecule has 0 aliphatic heterocycles. The molecule has 0 bridgehead atoms. The third kappa shape index (κ3) is 2.32. The summed E-state index contributed by atoms with van der Waals surface area (Å²) in [6.45, 7) is 0. The number of nitrogens with two attached hydrogens (primary N) is 1. The van der Waals surface area contributed by atoms with Crippen LogP contribution in [-0.2, 0) is 9.53 Å². The molecule has 0 saturated carbocycles. The van der Waals surface area contributed by atoms with Gasteiger partial charge in [-0.15, -0.1) is 0 Å². The van der Waals surface area contributed by atoms with Gasteiger partial charge < -0.3 is 10.5 Å². The summed E-state index contributed by atoms with van der Waals surface area (Å²) in [6.07, 6.45) is 2.45. The van der Waals surface area contributed by atoms with Crippen molar-refractivity contribution in [2.75, 3.05) is 12.8 Å². The summed E-state index contributed by atoms with van der Waals surface area (Å²) >= 11 is 0. The summed E-state index contributed by atoms with van der Waals surface area (Å²) in [6, 6.07) is 4.57. The molecule has 0 radical (unpaired) electrons. The van der Waals surface area contributed by atoms with Crippen LogP contribution in [0.3, 0.4) is 0 Å². The number of nitrogen functional groups attached to an aromatic ring is 1. The van der Waals surface area contributed by atoms with E-state index in [-0.39, 0.29) is 11.3 Å². The first-order chi connectivity index (χ1) is 6.65. The van der Waals surface area contributed by atoms with E-state index >= 15 is 0 Å². The highest BCUT2D eigenvalue weighted by Crippen LogP contribution is 2.15. The van der Waals surface area contributed by atoms with Gasteiger partial charge in [-0.25, -0.2) is 9.18 Å². The lowest BCUT2D eigenvalue weighted by atomic mass is 10.2. The number of anilines is 1. The Morgan fingerprint density at radius 2 is 2.29 bits per heavy atom. The van der Waals surface area contributed by atoms with Crippen molar-refractivity contribution < 1.29 is 13.9 Å². The molecule has 0 atom stereocenters. The van der Waals surface area contributed by atoms with Crippen LogP contribution in [0.2, 0.25) is 0 Å². The molecule has 1 rings (SSSR count). The lowest BCUT2D eigenvalue weighted by Gasteiger charge is -1.99. The van der Waals surface area contributed by atoms with Crippen LogP contribution in [-0.4, -0.2) is 13.1 Å². The van der Waals surface area contributed by atoms with Crippen molar-refractivity contribution in [1.82, 2.24) is 0 Å². The first-order valence-electron chi connectivity index (χ1n) is 3.95. The quantitative estimate of drug-likeness (QED) is 0.443. The zero-order valence-corrected chi connectivity index (χ0v) is 7.66. The minimum Gasteiger partial charge on any atom is -0.466 e. The van der Waals surface area contributed by atoms with Crippen molar-refractivity contribution in [3.63, 3.8) is 0 Å². The highest BCUT2D eigenvalue weighted by Gasteiger charge is 2.02. The summed E-state index contributed by atoms with van der Waals surface area (Å²) in [4.78, 5) is 10.7. The van der Waals surface area contributed by atoms with E-state index in [1.165, 1.54) is 25.3 Å². The molecule has 0 heterocycles. The van der Waals surface area contributed by atoms with Gasteiger partial charge in [0.25, 0.3) is 0 Å². The number of hydrogen-bond acceptors (Lipinski definition) is 3. The number of esters is 1. The Morgan fingerprint density at radius 3 is 2.93 bits per heavy atom. The van der Waals surface area contributed by atoms with Crippen LogP contribution in [0, 0.1) is 5.82 Å². The summed E-state index contributed by atoms with van der Waals surface area (Å²) in [7, 11) is 1.25. The molecule has 0 aliphatic rings. The monoisotopic (exact) mass is 195 g/mol. The molecule has 2 N–H and O–H groups in total. The Hall–Kier alpha value is -1.84. The van der Waals surface area contributed by atoms with Crippen molar-refractivity contribution >= 4 is 17.7 Å². The van der Waals surface area contributed by atoms with Crippen LogP contribution in [0.5, 0.6) is 0 Å². The lowest BCUT2D eigenvalue weighted by molar-refractivity contribution is -0.134. The molecule has 1 aromatic rings. The Labute approximate surface area is 81.0 Å². The molecule has 14 heavy (non-hydrogen) atoms. The molecule has 0 aliphatic carbocycles. The van der Waals surface area contributed by atoms with Crippen LogP contribution >= 0.6 is 0 Å². The maximum Gasteiger partial charge on any atom is 0.330 e. The molecule has 0 unspecified atom stereocenters. The molecule has 0 spiro atoms. The Kier molecular flexibility index (Phi) is 3.23. The largest absolute Gasteiger partial charge is 0.466 e. The zero-order chi connectivity index (χ0) is 10.6. The number of carbonyl (C=O) groups is 1. The van der Waals surface area contributed by atoms with Crippen LogP contribution in [0.1, 0.15) is 5.56 Å². The molecule has 0 saturated heterocycles. The average molecular weight is 195 g/mol. The molecule has 4 heteroatoms. The highest BCUT2D eigenvalue weighted by molar-refractivity contribution is 5.87. The molecule has 0 amide bonds. The minimum absolute atomic E-state index is 0.0528. The van der Waals surface area contributed by atoms with Crippen molar-refractivity contribution in [3.8, 4) is 0 Å². The average Bonchev–Trinajstić information content (AvgIpc) is 2.20. The molecular formula is C10H10FNO2. The Bertz CT molecular complexity index is 374. The number of rotatable bonds is 2. The second-order valence-corrected chi connectivity index (χ2v) is 2.61. The van der Waals surface area contributed by atoms with Crippen molar-refractivity contribution in [3.05, 3.63) is 35.7 Å². The van der Waals surface area contributed by atoms with Crippen LogP contribution in [0.25, 0.3) is 6.08 Å². The molecular weight excluding hydrogens is 185 g/mol. The molecule has 0 fully saturated rings. The smallest absolute Gasteiger partial charge is 0.330 e. The summed E-state index contributed by atoms with van der Waals surface area (Å²) < 4.78 is 17.6. The molecule has 1 aromatic carbocycles. The van der Waals surface area contributed by atoms with Gasteiger partial charge in [-0.2, -0.15) is 0 Å². The van der Waals surface area contributed by atoms with Crippen LogP contribution in [0.4, 0.5) is 10.1 Å². The first-order valence-corrected chi connectivity index (χ1v) is 3.95. The van der Waals surface area contributed by atoms with Crippen molar-refractivity contribution in [1.29, 1.82) is 0 Å². The Morgan fingerprint density at radius 1 is 1.57 bits per heavy atom. The van der Waals surface area contributed by atoms with Gasteiger partial charge in [0.1, 0.15) is 0 Å². The number of ether oxygens (including phenoxy) is 1. The van der Waals surface area contributed by atoms with Gasteiger partial charge >= 0.3 is 5.97 Å². The highest BCUT2D eigenvalue weighted by atomic mass is 19.1. The number of carbonyl (C=O) groups excluding carboxylic acids is 1. The Balaban J connectivity index is 2.92. The molecule has 74 valence electrons. The van der Waals surface area contributed by atoms with E-state index < -0.39 is 11.8 Å². The maximum atomic E-state index is 13.2. The van der Waals surface area contributed by atoms with Gasteiger partial charge in [0.2, 0.25) is 0 Å². The van der Waals surface area contributed by atoms with Crippen LogP contribution in [0.15, 0.2) is 24.3 Å². The SMILES string of the molecule is COC(=O)/C=C/c1cccc(N)c1F. The van der Waals surface area contributed by atoms with Gasteiger partial charge in [-0.3, -0.25) is 0 Å². The van der Waals surface area contributed by atoms with E-state index in [1.807, 2.05) is 0 Å². The lowest BCUT2D eigenvalue weighted by Crippen LogP contribution is -1.95. The van der Waals surface area contributed by atoms with E-state index in [0.717, 1.165) is 6.08 Å². The van der Waals surface area contributed by atoms with Gasteiger partial charge in [-0.05, 0) is 12.1 Å². The summed E-state index contributed by atoms with van der Waals surface area (Å²) in [5.41, 5.74) is 5.65. The fraction of sp³-hybridized carbons (Fsp3) is 0.100. The third-order valence-corrected chi connectivity index (χ3v) is 1.66. The number of hydrogen-bond donors (Lipinski definition) is 1. The van der Waals surface area contributed by atoms with Gasteiger partial charge in [0.15, 0.2) is 5.82 Å². The minimum atomic E-state index is -0.535. The van der Waals surface area contributed by atoms with Gasteiger partial charge in [0, 0.05) is 11.6 Å². The van der Waals surface area contributed by atoms with E-state index in [4.69, 9.17) is 5.73 Å². The fourth-order valence-corrected chi connectivity index (χ4v) is 0.923. The van der Waals surface area contributed by atoms with E-state index in [1.54, 1.807) is 6.07 Å².